The summed E-state index contributed by atoms with van der Waals surface area (Å²) in [7, 11) is 0. The summed E-state index contributed by atoms with van der Waals surface area (Å²) < 4.78 is 0. The number of rotatable bonds is 7. The van der Waals surface area contributed by atoms with Crippen molar-refractivity contribution in [2.24, 2.45) is 0 Å². The molecule has 0 aliphatic heterocycles. The Kier molecular flexibility index (Phi) is 5.35. The standard InChI is InChI=1S/C16H22N4/c1-3-10-17-16-12-18-14(11-19-16)13-20(4-2)15-8-6-5-7-9-15/h5-9,11-12H,3-4,10,13H2,1-2H3,(H,17,19). The van der Waals surface area contributed by atoms with Gasteiger partial charge in [0.05, 0.1) is 24.6 Å². The van der Waals surface area contributed by atoms with Crippen LogP contribution >= 0.6 is 0 Å². The number of nitrogens with zero attached hydrogens (tertiary/aromatic N) is 3. The summed E-state index contributed by atoms with van der Waals surface area (Å²) in [4.78, 5) is 11.2. The largest absolute Gasteiger partial charge is 0.369 e. The number of benzene rings is 1. The Labute approximate surface area is 120 Å². The predicted octanol–water partition coefficient (Wildman–Crippen LogP) is 3.33. The minimum atomic E-state index is 0.779. The average Bonchev–Trinajstić information content (AvgIpc) is 2.52. The molecule has 4 heteroatoms. The van der Waals surface area contributed by atoms with E-state index in [1.165, 1.54) is 5.69 Å². The van der Waals surface area contributed by atoms with Crippen LogP contribution in [0.3, 0.4) is 0 Å². The second-order valence-electron chi connectivity index (χ2n) is 4.67. The van der Waals surface area contributed by atoms with E-state index in [0.29, 0.717) is 0 Å². The summed E-state index contributed by atoms with van der Waals surface area (Å²) in [6, 6.07) is 10.4. The van der Waals surface area contributed by atoms with Crippen molar-refractivity contribution in [3.63, 3.8) is 0 Å². The van der Waals surface area contributed by atoms with Gasteiger partial charge >= 0.3 is 0 Å². The molecule has 20 heavy (non-hydrogen) atoms. The smallest absolute Gasteiger partial charge is 0.144 e. The fourth-order valence-electron chi connectivity index (χ4n) is 2.00. The van der Waals surface area contributed by atoms with E-state index in [1.807, 2.05) is 18.5 Å². The van der Waals surface area contributed by atoms with Gasteiger partial charge in [0.2, 0.25) is 0 Å². The van der Waals surface area contributed by atoms with Gasteiger partial charge in [0.25, 0.3) is 0 Å². The molecule has 0 atom stereocenters. The number of hydrogen-bond donors (Lipinski definition) is 1. The Morgan fingerprint density at radius 3 is 2.45 bits per heavy atom. The van der Waals surface area contributed by atoms with Crippen molar-refractivity contribution >= 4 is 11.5 Å². The third kappa shape index (κ3) is 3.95. The first-order valence-electron chi connectivity index (χ1n) is 7.18. The van der Waals surface area contributed by atoms with E-state index in [0.717, 1.165) is 37.6 Å². The molecule has 1 aromatic heterocycles. The van der Waals surface area contributed by atoms with E-state index in [1.54, 1.807) is 0 Å². The Balaban J connectivity index is 2.01. The van der Waals surface area contributed by atoms with Gasteiger partial charge in [-0.3, -0.25) is 4.98 Å². The van der Waals surface area contributed by atoms with Crippen molar-refractivity contribution in [2.75, 3.05) is 23.3 Å². The summed E-state index contributed by atoms with van der Waals surface area (Å²) in [6.45, 7) is 6.94. The Hall–Kier alpha value is -2.10. The van der Waals surface area contributed by atoms with Crippen LogP contribution in [0.1, 0.15) is 26.0 Å². The zero-order chi connectivity index (χ0) is 14.2. The summed E-state index contributed by atoms with van der Waals surface area (Å²) >= 11 is 0. The molecule has 0 bridgehead atoms. The normalized spacial score (nSPS) is 10.3. The van der Waals surface area contributed by atoms with Gasteiger partial charge in [0.15, 0.2) is 0 Å². The summed E-state index contributed by atoms with van der Waals surface area (Å²) in [6.07, 6.45) is 4.74. The Morgan fingerprint density at radius 1 is 1.05 bits per heavy atom. The van der Waals surface area contributed by atoms with Crippen LogP contribution in [0, 0.1) is 0 Å². The fraction of sp³-hybridized carbons (Fsp3) is 0.375. The van der Waals surface area contributed by atoms with Gasteiger partial charge < -0.3 is 10.2 Å². The molecular formula is C16H22N4. The third-order valence-electron chi connectivity index (χ3n) is 3.12. The van der Waals surface area contributed by atoms with Crippen LogP contribution in [0.15, 0.2) is 42.7 Å². The summed E-state index contributed by atoms with van der Waals surface area (Å²) in [5.74, 6) is 0.846. The Bertz CT molecular complexity index is 496. The first-order chi connectivity index (χ1) is 9.83. The highest BCUT2D eigenvalue weighted by atomic mass is 15.1. The van der Waals surface area contributed by atoms with Crippen molar-refractivity contribution in [2.45, 2.75) is 26.8 Å². The average molecular weight is 270 g/mol. The molecule has 2 rings (SSSR count). The molecule has 0 aliphatic rings. The van der Waals surface area contributed by atoms with Crippen molar-refractivity contribution in [3.05, 3.63) is 48.4 Å². The number of hydrogen-bond acceptors (Lipinski definition) is 4. The number of aromatic nitrogens is 2. The van der Waals surface area contributed by atoms with Crippen molar-refractivity contribution in [1.82, 2.24) is 9.97 Å². The molecule has 1 heterocycles. The van der Waals surface area contributed by atoms with Crippen LogP contribution in [0.4, 0.5) is 11.5 Å². The molecule has 0 aliphatic carbocycles. The van der Waals surface area contributed by atoms with Gasteiger partial charge in [-0.15, -0.1) is 0 Å². The molecule has 0 saturated carbocycles. The molecule has 0 spiro atoms. The van der Waals surface area contributed by atoms with Gasteiger partial charge in [-0.1, -0.05) is 25.1 Å². The number of nitrogens with one attached hydrogen (secondary N) is 1. The SMILES string of the molecule is CCCNc1cnc(CN(CC)c2ccccc2)cn1. The van der Waals surface area contributed by atoms with Crippen LogP contribution in [0.25, 0.3) is 0 Å². The van der Waals surface area contributed by atoms with E-state index in [9.17, 15) is 0 Å². The van der Waals surface area contributed by atoms with Crippen molar-refractivity contribution in [3.8, 4) is 0 Å². The molecule has 0 fully saturated rings. The second-order valence-corrected chi connectivity index (χ2v) is 4.67. The minimum absolute atomic E-state index is 0.779. The van der Waals surface area contributed by atoms with E-state index in [4.69, 9.17) is 0 Å². The molecular weight excluding hydrogens is 248 g/mol. The maximum Gasteiger partial charge on any atom is 0.144 e. The lowest BCUT2D eigenvalue weighted by Gasteiger charge is -2.22. The highest BCUT2D eigenvalue weighted by Crippen LogP contribution is 2.15. The quantitative estimate of drug-likeness (QED) is 0.838. The Morgan fingerprint density at radius 2 is 1.85 bits per heavy atom. The van der Waals surface area contributed by atoms with Crippen LogP contribution in [0.2, 0.25) is 0 Å². The van der Waals surface area contributed by atoms with Crippen molar-refractivity contribution < 1.29 is 0 Å². The lowest BCUT2D eigenvalue weighted by atomic mass is 10.2. The number of anilines is 2. The van der Waals surface area contributed by atoms with E-state index < -0.39 is 0 Å². The minimum Gasteiger partial charge on any atom is -0.369 e. The van der Waals surface area contributed by atoms with E-state index in [-0.39, 0.29) is 0 Å². The molecule has 0 radical (unpaired) electrons. The molecule has 0 saturated heterocycles. The lowest BCUT2D eigenvalue weighted by Crippen LogP contribution is -2.22. The zero-order valence-corrected chi connectivity index (χ0v) is 12.2. The second kappa shape index (κ2) is 7.48. The number of para-hydroxylation sites is 1. The molecule has 0 unspecified atom stereocenters. The van der Waals surface area contributed by atoms with Crippen LogP contribution in [0.5, 0.6) is 0 Å². The summed E-state index contributed by atoms with van der Waals surface area (Å²) in [5, 5.41) is 3.23. The van der Waals surface area contributed by atoms with Gasteiger partial charge in [-0.05, 0) is 25.5 Å². The first kappa shape index (κ1) is 14.3. The van der Waals surface area contributed by atoms with Crippen molar-refractivity contribution in [1.29, 1.82) is 0 Å². The van der Waals surface area contributed by atoms with Gasteiger partial charge in [0.1, 0.15) is 5.82 Å². The topological polar surface area (TPSA) is 41.1 Å². The molecule has 1 aromatic carbocycles. The maximum absolute atomic E-state index is 4.48. The first-order valence-corrected chi connectivity index (χ1v) is 7.18. The van der Waals surface area contributed by atoms with Crippen LogP contribution in [-0.2, 0) is 6.54 Å². The monoisotopic (exact) mass is 270 g/mol. The molecule has 106 valence electrons. The van der Waals surface area contributed by atoms with Crippen LogP contribution in [-0.4, -0.2) is 23.1 Å². The van der Waals surface area contributed by atoms with Crippen LogP contribution < -0.4 is 10.2 Å². The molecule has 1 N–H and O–H groups in total. The molecule has 4 nitrogen and oxygen atoms in total. The van der Waals surface area contributed by atoms with Gasteiger partial charge in [-0.2, -0.15) is 0 Å². The summed E-state index contributed by atoms with van der Waals surface area (Å²) in [5.41, 5.74) is 2.20. The van der Waals surface area contributed by atoms with Gasteiger partial charge in [0, 0.05) is 18.8 Å². The van der Waals surface area contributed by atoms with Gasteiger partial charge in [-0.25, -0.2) is 4.98 Å². The zero-order valence-electron chi connectivity index (χ0n) is 12.2. The maximum atomic E-state index is 4.48. The third-order valence-corrected chi connectivity index (χ3v) is 3.12. The molecule has 2 aromatic rings. The highest BCUT2D eigenvalue weighted by Gasteiger charge is 2.06. The van der Waals surface area contributed by atoms with E-state index >= 15 is 0 Å². The fourth-order valence-corrected chi connectivity index (χ4v) is 2.00. The highest BCUT2D eigenvalue weighted by molar-refractivity contribution is 5.46. The lowest BCUT2D eigenvalue weighted by molar-refractivity contribution is 0.803. The predicted molar refractivity (Wildman–Crippen MR) is 84.0 cm³/mol. The van der Waals surface area contributed by atoms with E-state index in [2.05, 4.69) is 58.3 Å². The molecule has 0 amide bonds.